The van der Waals surface area contributed by atoms with Crippen LogP contribution in [0.2, 0.25) is 0 Å². The second-order valence-corrected chi connectivity index (χ2v) is 2.68. The van der Waals surface area contributed by atoms with Crippen LogP contribution in [-0.2, 0) is 59.0 Å². The Balaban J connectivity index is 4.44. The van der Waals surface area contributed by atoms with Crippen LogP contribution in [-0.4, -0.2) is 34.4 Å². The van der Waals surface area contributed by atoms with Gasteiger partial charge in [0, 0.05) is 0 Å². The zero-order valence-corrected chi connectivity index (χ0v) is 9.62. The average molecular weight is 542 g/mol. The second kappa shape index (κ2) is 5.90. The summed E-state index contributed by atoms with van der Waals surface area (Å²) in [5.41, 5.74) is 0. The van der Waals surface area contributed by atoms with Crippen molar-refractivity contribution in [2.45, 2.75) is 12.2 Å². The molecule has 8 heteroatoms. The molecule has 2 atom stereocenters. The maximum absolute atomic E-state index is 10.4. The van der Waals surface area contributed by atoms with Crippen LogP contribution in [0.4, 0.5) is 0 Å². The van der Waals surface area contributed by atoms with E-state index in [-0.39, 0.29) is 0 Å². The normalized spacial score (nSPS) is 15.3. The summed E-state index contributed by atoms with van der Waals surface area (Å²) >= 11 is 2.97. The quantitative estimate of drug-likeness (QED) is 0.427. The van der Waals surface area contributed by atoms with Crippen molar-refractivity contribution in [1.82, 2.24) is 0 Å². The van der Waals surface area contributed by atoms with Gasteiger partial charge in [-0.15, -0.1) is 0 Å². The monoisotopic (exact) mass is 542 g/mol. The number of hydrogen-bond donors (Lipinski definition) is 2. The number of aliphatic carboxylic acids is 2. The van der Waals surface area contributed by atoms with Crippen molar-refractivity contribution in [3.63, 3.8) is 0 Å². The summed E-state index contributed by atoms with van der Waals surface area (Å²) in [6.45, 7) is 0. The van der Waals surface area contributed by atoms with E-state index in [1.54, 1.807) is 0 Å². The Morgan fingerprint density at radius 1 is 1.00 bits per heavy atom. The van der Waals surface area contributed by atoms with Gasteiger partial charge in [0.1, 0.15) is 0 Å². The van der Waals surface area contributed by atoms with Crippen LogP contribution in [0, 0.1) is 0 Å². The van der Waals surface area contributed by atoms with E-state index >= 15 is 0 Å². The summed E-state index contributed by atoms with van der Waals surface area (Å²) in [7, 11) is 0. The molecule has 0 rings (SSSR count). The molecule has 0 fully saturated rings. The molecule has 0 saturated heterocycles. The molecule has 6 nitrogen and oxygen atoms in total. The molecule has 2 unspecified atom stereocenters. The molecule has 0 amide bonds. The zero-order chi connectivity index (χ0) is 9.72. The number of carboxylic acid groups (broad SMARTS) is 2. The minimum atomic E-state index is -1.52. The fourth-order valence-electron chi connectivity index (χ4n) is 0.394. The van der Waals surface area contributed by atoms with Crippen LogP contribution in [0.3, 0.4) is 0 Å². The molecule has 0 aromatic carbocycles. The summed E-state index contributed by atoms with van der Waals surface area (Å²) in [6, 6.07) is 0. The van der Waals surface area contributed by atoms with Crippen LogP contribution in [0.5, 0.6) is 0 Å². The third kappa shape index (κ3) is 3.38. The Hall–Kier alpha value is 0.341. The molecular formula is C4H4Au2O6. The first kappa shape index (κ1) is 12.3. The SMILES string of the molecule is O=C(O)C([O][Au])C([O][Au])C(=O)O. The van der Waals surface area contributed by atoms with Gasteiger partial charge in [0.25, 0.3) is 0 Å². The molecule has 0 aliphatic rings. The van der Waals surface area contributed by atoms with Gasteiger partial charge in [-0.05, 0) is 0 Å². The Kier molecular flexibility index (Phi) is 6.06. The molecular weight excluding hydrogens is 538 g/mol. The van der Waals surface area contributed by atoms with Gasteiger partial charge in [-0.2, -0.15) is 0 Å². The van der Waals surface area contributed by atoms with E-state index in [1.165, 1.54) is 42.9 Å². The van der Waals surface area contributed by atoms with E-state index in [4.69, 9.17) is 10.2 Å². The van der Waals surface area contributed by atoms with Gasteiger partial charge in [-0.3, -0.25) is 0 Å². The first-order chi connectivity index (χ1) is 5.54. The van der Waals surface area contributed by atoms with E-state index in [1.807, 2.05) is 0 Å². The van der Waals surface area contributed by atoms with Crippen LogP contribution in [0.25, 0.3) is 0 Å². The van der Waals surface area contributed by atoms with E-state index in [0.717, 1.165) is 0 Å². The van der Waals surface area contributed by atoms with Crippen LogP contribution in [0.15, 0.2) is 0 Å². The molecule has 0 aliphatic carbocycles. The van der Waals surface area contributed by atoms with Crippen LogP contribution in [0.1, 0.15) is 0 Å². The third-order valence-electron chi connectivity index (χ3n) is 0.915. The number of carboxylic acids is 2. The fraction of sp³-hybridized carbons (Fsp3) is 0.500. The van der Waals surface area contributed by atoms with Crippen LogP contribution >= 0.6 is 0 Å². The van der Waals surface area contributed by atoms with Gasteiger partial charge in [-0.25, -0.2) is 0 Å². The van der Waals surface area contributed by atoms with Gasteiger partial charge in [0.2, 0.25) is 0 Å². The predicted molar refractivity (Wildman–Crippen MR) is 25.0 cm³/mol. The number of hydrogen-bond acceptors (Lipinski definition) is 4. The Labute approximate surface area is 93.0 Å². The van der Waals surface area contributed by atoms with Gasteiger partial charge in [0.15, 0.2) is 0 Å². The molecule has 0 spiro atoms. The molecule has 78 valence electrons. The van der Waals surface area contributed by atoms with Gasteiger partial charge in [0.05, 0.1) is 0 Å². The van der Waals surface area contributed by atoms with Crippen LogP contribution < -0.4 is 0 Å². The second-order valence-electron chi connectivity index (χ2n) is 1.66. The first-order valence-corrected chi connectivity index (χ1v) is 4.25. The average Bonchev–Trinajstić information content (AvgIpc) is 1.98. The van der Waals surface area contributed by atoms with E-state index < -0.39 is 24.1 Å². The van der Waals surface area contributed by atoms with Crippen molar-refractivity contribution >= 4 is 11.9 Å². The van der Waals surface area contributed by atoms with E-state index in [2.05, 4.69) is 6.49 Å². The minimum absolute atomic E-state index is 1.39. The summed E-state index contributed by atoms with van der Waals surface area (Å²) in [5, 5.41) is 16.9. The van der Waals surface area contributed by atoms with Gasteiger partial charge < -0.3 is 0 Å². The molecule has 0 heterocycles. The third-order valence-corrected chi connectivity index (χ3v) is 2.02. The summed E-state index contributed by atoms with van der Waals surface area (Å²) in [5.74, 6) is -2.78. The summed E-state index contributed by atoms with van der Waals surface area (Å²) < 4.78 is 8.71. The molecule has 0 bridgehead atoms. The Morgan fingerprint density at radius 2 is 1.25 bits per heavy atom. The zero-order valence-electron chi connectivity index (χ0n) is 5.29. The van der Waals surface area contributed by atoms with E-state index in [0.29, 0.717) is 0 Å². The van der Waals surface area contributed by atoms with Crippen molar-refractivity contribution in [1.29, 1.82) is 0 Å². The molecule has 0 aromatic heterocycles. The standard InChI is InChI=1S/C4H4O6.2Au/c5-1(3(7)8)2(6)4(9)10;;/h1-2H,(H,7,8)(H,9,10);;/q-2;2*+1. The fourth-order valence-corrected chi connectivity index (χ4v) is 1.37. The Bertz CT molecular complexity index is 162. The molecule has 0 aromatic rings. The summed E-state index contributed by atoms with van der Waals surface area (Å²) in [6.07, 6.45) is -3.04. The molecule has 0 saturated carbocycles. The van der Waals surface area contributed by atoms with Gasteiger partial charge in [-0.1, -0.05) is 0 Å². The van der Waals surface area contributed by atoms with Crippen molar-refractivity contribution < 1.29 is 69.2 Å². The van der Waals surface area contributed by atoms with Crippen molar-refractivity contribution in [2.24, 2.45) is 0 Å². The Morgan fingerprint density at radius 3 is 1.33 bits per heavy atom. The van der Waals surface area contributed by atoms with Gasteiger partial charge >= 0.3 is 93.4 Å². The molecule has 2 N–H and O–H groups in total. The molecule has 0 radical (unpaired) electrons. The molecule has 0 aliphatic heterocycles. The maximum atomic E-state index is 10.4. The summed E-state index contributed by atoms with van der Waals surface area (Å²) in [4.78, 5) is 20.7. The van der Waals surface area contributed by atoms with Crippen molar-refractivity contribution in [3.8, 4) is 0 Å². The predicted octanol–water partition coefficient (Wildman–Crippen LogP) is -1.15. The van der Waals surface area contributed by atoms with E-state index in [9.17, 15) is 9.59 Å². The number of rotatable bonds is 5. The number of carbonyl (C=O) groups is 2. The first-order valence-electron chi connectivity index (χ1n) is 2.48. The van der Waals surface area contributed by atoms with Crippen molar-refractivity contribution in [2.75, 3.05) is 0 Å². The topological polar surface area (TPSA) is 93.1 Å². The molecule has 12 heavy (non-hydrogen) atoms. The van der Waals surface area contributed by atoms with Crippen molar-refractivity contribution in [3.05, 3.63) is 0 Å².